The number of likely N-dealkylation sites (N-methyl/N-ethyl adjacent to an activating group) is 1. The first kappa shape index (κ1) is 14.9. The Morgan fingerprint density at radius 1 is 1.37 bits per heavy atom. The van der Waals surface area contributed by atoms with E-state index in [1.54, 1.807) is 37.1 Å². The standard InChI is InChI=1S/C12H16N4O2S/c1-7(11(17)15-12(14)18)16(2)9-5-3-4-8(6-9)10(13)19/h3-7H,1-2H3,(H2,13,19)(H3,14,15,17,18). The molecule has 5 N–H and O–H groups in total. The number of urea groups is 1. The van der Waals surface area contributed by atoms with Crippen LogP contribution < -0.4 is 21.7 Å². The van der Waals surface area contributed by atoms with E-state index in [4.69, 9.17) is 23.7 Å². The van der Waals surface area contributed by atoms with Crippen LogP contribution in [0.5, 0.6) is 0 Å². The van der Waals surface area contributed by atoms with Crippen molar-refractivity contribution in [1.82, 2.24) is 5.32 Å². The van der Waals surface area contributed by atoms with Crippen LogP contribution in [0, 0.1) is 0 Å². The van der Waals surface area contributed by atoms with E-state index in [1.807, 2.05) is 11.4 Å². The summed E-state index contributed by atoms with van der Waals surface area (Å²) in [5, 5.41) is 2.04. The zero-order chi connectivity index (χ0) is 14.6. The predicted octanol–water partition coefficient (Wildman–Crippen LogP) is 0.340. The molecule has 0 aliphatic rings. The molecule has 0 heterocycles. The molecular formula is C12H16N4O2S. The van der Waals surface area contributed by atoms with Crippen LogP contribution in [0.25, 0.3) is 0 Å². The minimum absolute atomic E-state index is 0.282. The molecule has 0 aliphatic carbocycles. The lowest BCUT2D eigenvalue weighted by atomic mass is 10.1. The minimum Gasteiger partial charge on any atom is -0.389 e. The lowest BCUT2D eigenvalue weighted by molar-refractivity contribution is -0.120. The number of anilines is 1. The zero-order valence-electron chi connectivity index (χ0n) is 10.7. The van der Waals surface area contributed by atoms with Gasteiger partial charge in [0, 0.05) is 18.3 Å². The van der Waals surface area contributed by atoms with Crippen LogP contribution in [-0.4, -0.2) is 30.0 Å². The summed E-state index contributed by atoms with van der Waals surface area (Å²) in [4.78, 5) is 24.3. The molecule has 0 fully saturated rings. The first-order valence-corrected chi connectivity index (χ1v) is 5.96. The monoisotopic (exact) mass is 280 g/mol. The normalized spacial score (nSPS) is 11.5. The number of rotatable bonds is 4. The van der Waals surface area contributed by atoms with Gasteiger partial charge in [-0.3, -0.25) is 10.1 Å². The van der Waals surface area contributed by atoms with Crippen LogP contribution in [0.3, 0.4) is 0 Å². The fourth-order valence-corrected chi connectivity index (χ4v) is 1.63. The summed E-state index contributed by atoms with van der Waals surface area (Å²) >= 11 is 4.90. The summed E-state index contributed by atoms with van der Waals surface area (Å²) in [6, 6.07) is 5.73. The average Bonchev–Trinajstić information content (AvgIpc) is 2.36. The number of primary amides is 1. The number of nitrogens with zero attached hydrogens (tertiary/aromatic N) is 1. The van der Waals surface area contributed by atoms with Gasteiger partial charge in [0.05, 0.1) is 0 Å². The highest BCUT2D eigenvalue weighted by atomic mass is 32.1. The number of benzene rings is 1. The van der Waals surface area contributed by atoms with E-state index < -0.39 is 18.0 Å². The van der Waals surface area contributed by atoms with Crippen molar-refractivity contribution in [2.24, 2.45) is 11.5 Å². The number of carbonyl (C=O) groups excluding carboxylic acids is 2. The molecule has 19 heavy (non-hydrogen) atoms. The second kappa shape index (κ2) is 6.14. The Bertz CT molecular complexity index is 518. The van der Waals surface area contributed by atoms with E-state index in [0.29, 0.717) is 5.56 Å². The number of imide groups is 1. The Morgan fingerprint density at radius 2 is 2.00 bits per heavy atom. The van der Waals surface area contributed by atoms with Gasteiger partial charge in [0.2, 0.25) is 5.91 Å². The topological polar surface area (TPSA) is 101 Å². The van der Waals surface area contributed by atoms with Crippen LogP contribution in [-0.2, 0) is 4.79 Å². The van der Waals surface area contributed by atoms with E-state index in [0.717, 1.165) is 5.69 Å². The fraction of sp³-hybridized carbons (Fsp3) is 0.250. The average molecular weight is 280 g/mol. The van der Waals surface area contributed by atoms with Crippen molar-refractivity contribution in [3.63, 3.8) is 0 Å². The van der Waals surface area contributed by atoms with Gasteiger partial charge in [-0.2, -0.15) is 0 Å². The molecule has 1 aromatic carbocycles. The summed E-state index contributed by atoms with van der Waals surface area (Å²) < 4.78 is 0. The van der Waals surface area contributed by atoms with Gasteiger partial charge in [0.15, 0.2) is 0 Å². The Balaban J connectivity index is 2.90. The molecule has 1 atom stereocenters. The molecule has 7 heteroatoms. The Labute approximate surface area is 116 Å². The molecule has 0 saturated heterocycles. The van der Waals surface area contributed by atoms with E-state index in [9.17, 15) is 9.59 Å². The van der Waals surface area contributed by atoms with Crippen LogP contribution in [0.1, 0.15) is 12.5 Å². The van der Waals surface area contributed by atoms with E-state index in [1.165, 1.54) is 0 Å². The lowest BCUT2D eigenvalue weighted by Crippen LogP contribution is -2.47. The van der Waals surface area contributed by atoms with Crippen LogP contribution in [0.15, 0.2) is 24.3 Å². The second-order valence-corrected chi connectivity index (χ2v) is 4.49. The maximum absolute atomic E-state index is 11.7. The van der Waals surface area contributed by atoms with Gasteiger partial charge in [-0.25, -0.2) is 4.79 Å². The van der Waals surface area contributed by atoms with Crippen molar-refractivity contribution >= 4 is 34.8 Å². The molecule has 0 aliphatic heterocycles. The number of nitrogens with one attached hydrogen (secondary N) is 1. The summed E-state index contributed by atoms with van der Waals surface area (Å²) in [5.74, 6) is -0.476. The first-order valence-electron chi connectivity index (χ1n) is 5.56. The van der Waals surface area contributed by atoms with Crippen molar-refractivity contribution in [3.8, 4) is 0 Å². The molecule has 102 valence electrons. The Kier molecular flexibility index (Phi) is 4.82. The van der Waals surface area contributed by atoms with Gasteiger partial charge in [-0.15, -0.1) is 0 Å². The van der Waals surface area contributed by atoms with Crippen molar-refractivity contribution in [1.29, 1.82) is 0 Å². The van der Waals surface area contributed by atoms with E-state index in [2.05, 4.69) is 0 Å². The Hall–Kier alpha value is -2.15. The molecule has 1 unspecified atom stereocenters. The van der Waals surface area contributed by atoms with Crippen molar-refractivity contribution < 1.29 is 9.59 Å². The summed E-state index contributed by atoms with van der Waals surface area (Å²) in [6.07, 6.45) is 0. The lowest BCUT2D eigenvalue weighted by Gasteiger charge is -2.26. The third-order valence-electron chi connectivity index (χ3n) is 2.74. The van der Waals surface area contributed by atoms with Crippen molar-refractivity contribution in [2.45, 2.75) is 13.0 Å². The van der Waals surface area contributed by atoms with Gasteiger partial charge < -0.3 is 16.4 Å². The third kappa shape index (κ3) is 3.92. The molecule has 0 radical (unpaired) electrons. The minimum atomic E-state index is -0.873. The zero-order valence-corrected chi connectivity index (χ0v) is 11.5. The van der Waals surface area contributed by atoms with Gasteiger partial charge in [-0.05, 0) is 19.1 Å². The Morgan fingerprint density at radius 3 is 2.53 bits per heavy atom. The molecule has 0 aromatic heterocycles. The van der Waals surface area contributed by atoms with Gasteiger partial charge in [0.25, 0.3) is 0 Å². The molecule has 0 bridgehead atoms. The largest absolute Gasteiger partial charge is 0.389 e. The number of hydrogen-bond donors (Lipinski definition) is 3. The van der Waals surface area contributed by atoms with E-state index >= 15 is 0 Å². The second-order valence-electron chi connectivity index (χ2n) is 4.05. The smallest absolute Gasteiger partial charge is 0.318 e. The fourth-order valence-electron chi connectivity index (χ4n) is 1.50. The molecule has 1 aromatic rings. The van der Waals surface area contributed by atoms with E-state index in [-0.39, 0.29) is 4.99 Å². The molecule has 0 saturated carbocycles. The van der Waals surface area contributed by atoms with Gasteiger partial charge in [0.1, 0.15) is 11.0 Å². The van der Waals surface area contributed by atoms with Crippen molar-refractivity contribution in [3.05, 3.63) is 29.8 Å². The molecule has 6 nitrogen and oxygen atoms in total. The number of nitrogens with two attached hydrogens (primary N) is 2. The maximum Gasteiger partial charge on any atom is 0.318 e. The van der Waals surface area contributed by atoms with Crippen LogP contribution in [0.4, 0.5) is 10.5 Å². The predicted molar refractivity (Wildman–Crippen MR) is 77.9 cm³/mol. The molecule has 0 spiro atoms. The molecular weight excluding hydrogens is 264 g/mol. The van der Waals surface area contributed by atoms with Gasteiger partial charge >= 0.3 is 6.03 Å². The number of carbonyl (C=O) groups is 2. The van der Waals surface area contributed by atoms with Crippen LogP contribution >= 0.6 is 12.2 Å². The summed E-state index contributed by atoms with van der Waals surface area (Å²) in [6.45, 7) is 1.66. The highest BCUT2D eigenvalue weighted by Gasteiger charge is 2.19. The number of thiocarbonyl (C=S) groups is 1. The first-order chi connectivity index (χ1) is 8.82. The quantitative estimate of drug-likeness (QED) is 0.690. The number of amides is 3. The van der Waals surface area contributed by atoms with Crippen LogP contribution in [0.2, 0.25) is 0 Å². The third-order valence-corrected chi connectivity index (χ3v) is 2.98. The summed E-state index contributed by atoms with van der Waals surface area (Å²) in [5.41, 5.74) is 11.9. The molecule has 3 amide bonds. The highest BCUT2D eigenvalue weighted by Crippen LogP contribution is 2.17. The highest BCUT2D eigenvalue weighted by molar-refractivity contribution is 7.80. The van der Waals surface area contributed by atoms with Crippen molar-refractivity contribution in [2.75, 3.05) is 11.9 Å². The maximum atomic E-state index is 11.7. The summed E-state index contributed by atoms with van der Waals surface area (Å²) in [7, 11) is 1.73. The number of hydrogen-bond acceptors (Lipinski definition) is 4. The SMILES string of the molecule is CC(C(=O)NC(N)=O)N(C)c1cccc(C(N)=S)c1. The van der Waals surface area contributed by atoms with Gasteiger partial charge in [-0.1, -0.05) is 24.4 Å². The molecule has 1 rings (SSSR count).